The van der Waals surface area contributed by atoms with Crippen LogP contribution in [0.1, 0.15) is 16.1 Å². The molecule has 0 saturated carbocycles. The summed E-state index contributed by atoms with van der Waals surface area (Å²) in [5, 5.41) is 25.7. The summed E-state index contributed by atoms with van der Waals surface area (Å²) in [4.78, 5) is 22.6. The smallest absolute Gasteiger partial charge is 0.251 e. The first-order chi connectivity index (χ1) is 18.5. The largest absolute Gasteiger partial charge is 0.370 e. The molecular formula is C28H30N8O2. The number of anilines is 1. The van der Waals surface area contributed by atoms with Gasteiger partial charge in [0.1, 0.15) is 11.9 Å². The van der Waals surface area contributed by atoms with Crippen molar-refractivity contribution in [1.29, 1.82) is 0 Å². The van der Waals surface area contributed by atoms with Gasteiger partial charge in [-0.25, -0.2) is 4.98 Å². The summed E-state index contributed by atoms with van der Waals surface area (Å²) >= 11 is 0. The summed E-state index contributed by atoms with van der Waals surface area (Å²) < 4.78 is 1.61. The van der Waals surface area contributed by atoms with Gasteiger partial charge in [0.2, 0.25) is 0 Å². The number of aliphatic hydroxyl groups is 1. The third-order valence-corrected chi connectivity index (χ3v) is 6.09. The van der Waals surface area contributed by atoms with Crippen LogP contribution in [0.25, 0.3) is 27.7 Å². The van der Waals surface area contributed by atoms with E-state index in [9.17, 15) is 9.90 Å². The van der Waals surface area contributed by atoms with E-state index < -0.39 is 6.23 Å². The molecule has 0 aliphatic carbocycles. The van der Waals surface area contributed by atoms with Gasteiger partial charge in [-0.15, -0.1) is 0 Å². The lowest BCUT2D eigenvalue weighted by Gasteiger charge is -2.12. The van der Waals surface area contributed by atoms with E-state index in [1.807, 2.05) is 55.5 Å². The first-order valence-corrected chi connectivity index (χ1v) is 12.4. The molecule has 5 rings (SSSR count). The van der Waals surface area contributed by atoms with Crippen molar-refractivity contribution in [3.8, 4) is 11.1 Å². The third-order valence-electron chi connectivity index (χ3n) is 6.09. The second-order valence-electron chi connectivity index (χ2n) is 9.24. The number of nitrogens with zero attached hydrogens (tertiary/aromatic N) is 5. The fourth-order valence-corrected chi connectivity index (χ4v) is 4.27. The Morgan fingerprint density at radius 1 is 1.13 bits per heavy atom. The number of nitrogens with one attached hydrogen (secondary N) is 3. The molecule has 0 spiro atoms. The van der Waals surface area contributed by atoms with Crippen molar-refractivity contribution in [3.05, 3.63) is 90.5 Å². The summed E-state index contributed by atoms with van der Waals surface area (Å²) in [5.41, 5.74) is 5.85. The molecule has 0 aliphatic heterocycles. The maximum atomic E-state index is 12.8. The second-order valence-corrected chi connectivity index (χ2v) is 9.24. The van der Waals surface area contributed by atoms with Gasteiger partial charge in [0, 0.05) is 59.8 Å². The van der Waals surface area contributed by atoms with Gasteiger partial charge in [0.25, 0.3) is 5.91 Å². The minimum Gasteiger partial charge on any atom is -0.370 e. The number of aromatic amines is 1. The lowest BCUT2D eigenvalue weighted by molar-refractivity contribution is 0.0954. The summed E-state index contributed by atoms with van der Waals surface area (Å²) in [7, 11) is 3.92. The van der Waals surface area contributed by atoms with E-state index in [1.165, 1.54) is 0 Å². The molecule has 4 N–H and O–H groups in total. The average Bonchev–Trinajstić information content (AvgIpc) is 3.52. The zero-order valence-electron chi connectivity index (χ0n) is 21.3. The maximum Gasteiger partial charge on any atom is 0.251 e. The van der Waals surface area contributed by atoms with Crippen molar-refractivity contribution >= 4 is 28.1 Å². The number of amides is 1. The summed E-state index contributed by atoms with van der Waals surface area (Å²) in [6, 6.07) is 15.0. The van der Waals surface area contributed by atoms with E-state index >= 15 is 0 Å². The Hall–Kier alpha value is -4.54. The number of aliphatic hydroxyl groups excluding tert-OH is 1. The van der Waals surface area contributed by atoms with Crippen LogP contribution in [0, 0.1) is 0 Å². The zero-order chi connectivity index (χ0) is 26.5. The first-order valence-electron chi connectivity index (χ1n) is 12.4. The second kappa shape index (κ2) is 11.2. The van der Waals surface area contributed by atoms with E-state index in [0.29, 0.717) is 24.2 Å². The number of rotatable bonds is 10. The van der Waals surface area contributed by atoms with E-state index in [2.05, 4.69) is 36.9 Å². The Balaban J connectivity index is 1.22. The lowest BCUT2D eigenvalue weighted by atomic mass is 10.1. The Morgan fingerprint density at radius 2 is 2.03 bits per heavy atom. The molecule has 0 fully saturated rings. The van der Waals surface area contributed by atoms with Crippen LogP contribution in [0.2, 0.25) is 0 Å². The minimum atomic E-state index is -0.842. The normalized spacial score (nSPS) is 12.5. The fraction of sp³-hybridized carbons (Fsp3) is 0.214. The van der Waals surface area contributed by atoms with Crippen molar-refractivity contribution in [2.24, 2.45) is 0 Å². The monoisotopic (exact) mass is 510 g/mol. The van der Waals surface area contributed by atoms with Gasteiger partial charge in [0.15, 0.2) is 0 Å². The number of H-pyrrole nitrogens is 1. The minimum absolute atomic E-state index is 0.180. The van der Waals surface area contributed by atoms with E-state index in [0.717, 1.165) is 39.9 Å². The molecule has 4 aromatic heterocycles. The molecule has 4 heterocycles. The van der Waals surface area contributed by atoms with Crippen LogP contribution in [-0.2, 0) is 6.42 Å². The molecule has 1 amide bonds. The molecule has 0 bridgehead atoms. The van der Waals surface area contributed by atoms with Crippen molar-refractivity contribution in [1.82, 2.24) is 35.0 Å². The number of hydrogen-bond donors (Lipinski definition) is 4. The first kappa shape index (κ1) is 25.1. The summed E-state index contributed by atoms with van der Waals surface area (Å²) in [6.07, 6.45) is 8.62. The number of likely N-dealkylation sites (N-methyl/N-ethyl adjacent to an activating group) is 1. The Kier molecular flexibility index (Phi) is 7.43. The van der Waals surface area contributed by atoms with E-state index in [-0.39, 0.29) is 5.91 Å². The Labute approximate surface area is 220 Å². The van der Waals surface area contributed by atoms with Gasteiger partial charge in [-0.1, -0.05) is 12.1 Å². The van der Waals surface area contributed by atoms with Gasteiger partial charge in [-0.3, -0.25) is 4.79 Å². The molecule has 10 nitrogen and oxygen atoms in total. The highest BCUT2D eigenvalue weighted by Gasteiger charge is 2.13. The number of hydrogen-bond acceptors (Lipinski definition) is 7. The van der Waals surface area contributed by atoms with Crippen LogP contribution in [-0.4, -0.2) is 74.1 Å². The molecule has 0 aliphatic rings. The van der Waals surface area contributed by atoms with Crippen molar-refractivity contribution in [2.75, 3.05) is 32.5 Å². The highest BCUT2D eigenvalue weighted by Crippen LogP contribution is 2.30. The van der Waals surface area contributed by atoms with Gasteiger partial charge in [-0.05, 0) is 68.2 Å². The van der Waals surface area contributed by atoms with Gasteiger partial charge >= 0.3 is 0 Å². The van der Waals surface area contributed by atoms with Crippen molar-refractivity contribution < 1.29 is 9.90 Å². The van der Waals surface area contributed by atoms with Crippen molar-refractivity contribution in [3.63, 3.8) is 0 Å². The predicted octanol–water partition coefficient (Wildman–Crippen LogP) is 3.09. The summed E-state index contributed by atoms with van der Waals surface area (Å²) in [6.45, 7) is 1.18. The van der Waals surface area contributed by atoms with Crippen LogP contribution >= 0.6 is 0 Å². The predicted molar refractivity (Wildman–Crippen MR) is 148 cm³/mol. The molecule has 10 heteroatoms. The molecular weight excluding hydrogens is 480 g/mol. The molecule has 194 valence electrons. The van der Waals surface area contributed by atoms with Gasteiger partial charge in [0.05, 0.1) is 11.7 Å². The van der Waals surface area contributed by atoms with Gasteiger partial charge in [-0.2, -0.15) is 14.8 Å². The maximum absolute atomic E-state index is 12.8. The van der Waals surface area contributed by atoms with Crippen LogP contribution in [0.5, 0.6) is 0 Å². The highest BCUT2D eigenvalue weighted by molar-refractivity contribution is 5.98. The number of carbonyl (C=O) groups is 1. The average molecular weight is 511 g/mol. The summed E-state index contributed by atoms with van der Waals surface area (Å²) in [5.74, 6) is -0.180. The molecule has 38 heavy (non-hydrogen) atoms. The molecule has 1 unspecified atom stereocenters. The number of aromatic nitrogens is 5. The van der Waals surface area contributed by atoms with E-state index in [1.54, 1.807) is 41.3 Å². The third kappa shape index (κ3) is 5.72. The Morgan fingerprint density at radius 3 is 2.89 bits per heavy atom. The molecule has 0 radical (unpaired) electrons. The number of benzene rings is 1. The molecule has 0 saturated heterocycles. The van der Waals surface area contributed by atoms with Crippen LogP contribution < -0.4 is 10.6 Å². The number of pyridine rings is 1. The Bertz CT molecular complexity index is 1590. The number of carbonyl (C=O) groups excluding carboxylic acids is 1. The van der Waals surface area contributed by atoms with Crippen LogP contribution in [0.4, 0.5) is 5.69 Å². The fourth-order valence-electron chi connectivity index (χ4n) is 4.27. The zero-order valence-corrected chi connectivity index (χ0v) is 21.3. The molecule has 5 aromatic rings. The SMILES string of the molecule is CN(C)C/C=C/C(O)Nc1cccc(C(=O)NCCc2cc3c(-c4cnn5ncccc45)ccnc3[nH]2)c1. The standard InChI is InChI=1S/C28H30N8O2/c1-35(2)15-5-9-26(37)33-20-7-3-6-19(16-20)28(38)30-13-10-21-17-23-22(11-14-29-27(23)34-21)24-18-32-36-25(24)8-4-12-31-36/h3-9,11-12,14,16-18,26,33,37H,10,13,15H2,1-2H3,(H,29,34)(H,30,38)/b9-5+. The highest BCUT2D eigenvalue weighted by atomic mass is 16.3. The quantitative estimate of drug-likeness (QED) is 0.168. The molecule has 1 atom stereocenters. The van der Waals surface area contributed by atoms with Gasteiger partial charge < -0.3 is 25.6 Å². The van der Waals surface area contributed by atoms with E-state index in [4.69, 9.17) is 0 Å². The lowest BCUT2D eigenvalue weighted by Crippen LogP contribution is -2.26. The molecule has 1 aromatic carbocycles. The van der Waals surface area contributed by atoms with Crippen molar-refractivity contribution in [2.45, 2.75) is 12.6 Å². The van der Waals surface area contributed by atoms with Crippen LogP contribution in [0.15, 0.2) is 79.3 Å². The topological polar surface area (TPSA) is 123 Å². The number of fused-ring (bicyclic) bond motifs is 2. The van der Waals surface area contributed by atoms with Crippen LogP contribution in [0.3, 0.4) is 0 Å².